The molecule has 3 aliphatic rings. The number of ether oxygens (including phenoxy) is 1. The Hall–Kier alpha value is -2.41. The van der Waals surface area contributed by atoms with E-state index in [9.17, 15) is 9.90 Å². The first-order valence-electron chi connectivity index (χ1n) is 10.9. The van der Waals surface area contributed by atoms with Gasteiger partial charge in [-0.2, -0.15) is 0 Å². The van der Waals surface area contributed by atoms with Gasteiger partial charge in [0.25, 0.3) is 0 Å². The average molecular weight is 526 g/mol. The van der Waals surface area contributed by atoms with Crippen LogP contribution in [0.15, 0.2) is 71.3 Å². The van der Waals surface area contributed by atoms with Crippen LogP contribution in [-0.4, -0.2) is 35.0 Å². The number of halogens is 2. The van der Waals surface area contributed by atoms with Crippen molar-refractivity contribution in [1.82, 2.24) is 9.88 Å². The van der Waals surface area contributed by atoms with Gasteiger partial charge in [0.05, 0.1) is 10.4 Å². The number of fused-ring (bicyclic) bond motifs is 5. The molecule has 0 bridgehead atoms. The molecule has 168 valence electrons. The number of aliphatic hydroxyl groups is 1. The lowest BCUT2D eigenvalue weighted by atomic mass is 9.67. The molecule has 0 unspecified atom stereocenters. The molecular formula is C26H22BrClN2O3. The standard InChI is InChI=1S/C26H22BrClN2O3/c1-30(2)23(31)24-13-20(24)25(32)22-19(12-18(28)14-29-22)33-26(25,16-8-10-17(27)11-9-16)21(24)15-6-4-3-5-7-15/h3-12,14,20-21,32H,13H2,1-2H3/t20-,21+,24-,25+,26-/m0/s1. The van der Waals surface area contributed by atoms with E-state index in [-0.39, 0.29) is 11.8 Å². The van der Waals surface area contributed by atoms with Crippen LogP contribution in [0.3, 0.4) is 0 Å². The number of hydrogen-bond acceptors (Lipinski definition) is 4. The second-order valence-corrected chi connectivity index (χ2v) is 10.8. The van der Waals surface area contributed by atoms with E-state index in [0.717, 1.165) is 15.6 Å². The molecule has 1 amide bonds. The van der Waals surface area contributed by atoms with E-state index in [4.69, 9.17) is 16.3 Å². The van der Waals surface area contributed by atoms with E-state index < -0.39 is 22.5 Å². The maximum absolute atomic E-state index is 13.8. The van der Waals surface area contributed by atoms with E-state index in [2.05, 4.69) is 20.9 Å². The van der Waals surface area contributed by atoms with Crippen molar-refractivity contribution in [3.63, 3.8) is 0 Å². The van der Waals surface area contributed by atoms with E-state index in [1.54, 1.807) is 25.1 Å². The lowest BCUT2D eigenvalue weighted by molar-refractivity contribution is -0.139. The summed E-state index contributed by atoms with van der Waals surface area (Å²) in [5.74, 6) is -0.305. The fourth-order valence-corrected chi connectivity index (χ4v) is 6.90. The Kier molecular flexibility index (Phi) is 4.36. The van der Waals surface area contributed by atoms with Gasteiger partial charge in [0.1, 0.15) is 11.4 Å². The van der Waals surface area contributed by atoms with Gasteiger partial charge in [-0.15, -0.1) is 0 Å². The predicted octanol–water partition coefficient (Wildman–Crippen LogP) is 4.86. The van der Waals surface area contributed by atoms with Crippen molar-refractivity contribution in [1.29, 1.82) is 0 Å². The van der Waals surface area contributed by atoms with E-state index in [0.29, 0.717) is 22.9 Å². The minimum Gasteiger partial charge on any atom is -0.476 e. The van der Waals surface area contributed by atoms with Crippen molar-refractivity contribution in [2.24, 2.45) is 11.3 Å². The van der Waals surface area contributed by atoms with Gasteiger partial charge in [-0.25, -0.2) is 0 Å². The predicted molar refractivity (Wildman–Crippen MR) is 128 cm³/mol. The Morgan fingerprint density at radius 2 is 1.88 bits per heavy atom. The molecule has 2 aliphatic carbocycles. The summed E-state index contributed by atoms with van der Waals surface area (Å²) < 4.78 is 7.69. The monoisotopic (exact) mass is 524 g/mol. The molecule has 2 aromatic carbocycles. The number of nitrogens with zero attached hydrogens (tertiary/aromatic N) is 2. The first kappa shape index (κ1) is 21.1. The lowest BCUT2D eigenvalue weighted by Gasteiger charge is -2.43. The minimum absolute atomic E-state index is 0.000205. The maximum atomic E-state index is 13.8. The zero-order valence-corrected chi connectivity index (χ0v) is 20.5. The van der Waals surface area contributed by atoms with Gasteiger partial charge in [-0.1, -0.05) is 70.0 Å². The molecule has 6 rings (SSSR count). The van der Waals surface area contributed by atoms with Crippen LogP contribution in [0.4, 0.5) is 0 Å². The third-order valence-electron chi connectivity index (χ3n) is 7.66. The second kappa shape index (κ2) is 6.81. The van der Waals surface area contributed by atoms with Crippen LogP contribution in [0.2, 0.25) is 5.02 Å². The fourth-order valence-electron chi connectivity index (χ4n) is 6.49. The van der Waals surface area contributed by atoms with Crippen LogP contribution in [0.1, 0.15) is 29.2 Å². The molecular weight excluding hydrogens is 504 g/mol. The third kappa shape index (κ3) is 2.47. The van der Waals surface area contributed by atoms with Crippen LogP contribution in [-0.2, 0) is 16.0 Å². The number of aromatic nitrogens is 1. The lowest BCUT2D eigenvalue weighted by Crippen LogP contribution is -2.52. The summed E-state index contributed by atoms with van der Waals surface area (Å²) in [5.41, 5.74) is -1.32. The van der Waals surface area contributed by atoms with E-state index in [1.807, 2.05) is 54.6 Å². The number of pyridine rings is 1. The molecule has 33 heavy (non-hydrogen) atoms. The van der Waals surface area contributed by atoms with Gasteiger partial charge in [-0.05, 0) is 29.7 Å². The summed E-state index contributed by atoms with van der Waals surface area (Å²) in [6, 6.07) is 19.4. The van der Waals surface area contributed by atoms with Crippen molar-refractivity contribution in [2.75, 3.05) is 14.1 Å². The topological polar surface area (TPSA) is 62.7 Å². The van der Waals surface area contributed by atoms with E-state index in [1.165, 1.54) is 6.20 Å². The Labute approximate surface area is 205 Å². The number of hydrogen-bond donors (Lipinski definition) is 1. The van der Waals surface area contributed by atoms with Gasteiger partial charge in [0, 0.05) is 42.7 Å². The SMILES string of the molecule is CN(C)C(=O)[C@@]12C[C@@H]1[C@@]1(O)c3ncc(Cl)cc3O[C@@]1(c1ccc(Br)cc1)[C@@H]2c1ccccc1. The summed E-state index contributed by atoms with van der Waals surface area (Å²) >= 11 is 9.78. The van der Waals surface area contributed by atoms with Gasteiger partial charge >= 0.3 is 0 Å². The molecule has 2 saturated carbocycles. The molecule has 2 fully saturated rings. The molecule has 1 aliphatic heterocycles. The molecule has 5 atom stereocenters. The Balaban J connectivity index is 1.70. The smallest absolute Gasteiger partial charge is 0.229 e. The number of rotatable bonds is 3. The highest BCUT2D eigenvalue weighted by Gasteiger charge is 2.90. The highest BCUT2D eigenvalue weighted by molar-refractivity contribution is 9.10. The van der Waals surface area contributed by atoms with Crippen LogP contribution < -0.4 is 4.74 Å². The molecule has 0 spiro atoms. The highest BCUT2D eigenvalue weighted by atomic mass is 79.9. The first-order chi connectivity index (χ1) is 15.8. The van der Waals surface area contributed by atoms with Gasteiger partial charge in [0.2, 0.25) is 5.91 Å². The average Bonchev–Trinajstić information content (AvgIpc) is 3.44. The van der Waals surface area contributed by atoms with Crippen LogP contribution in [0, 0.1) is 11.3 Å². The van der Waals surface area contributed by atoms with Gasteiger partial charge in [-0.3, -0.25) is 9.78 Å². The van der Waals surface area contributed by atoms with Gasteiger partial charge in [0.15, 0.2) is 11.2 Å². The van der Waals surface area contributed by atoms with Crippen LogP contribution in [0.25, 0.3) is 0 Å². The third-order valence-corrected chi connectivity index (χ3v) is 8.39. The molecule has 0 saturated heterocycles. The number of benzene rings is 2. The van der Waals surface area contributed by atoms with Gasteiger partial charge < -0.3 is 14.7 Å². The second-order valence-electron chi connectivity index (χ2n) is 9.45. The highest BCUT2D eigenvalue weighted by Crippen LogP contribution is 2.84. The molecule has 1 N–H and O–H groups in total. The van der Waals surface area contributed by atoms with Crippen molar-refractivity contribution in [3.8, 4) is 5.75 Å². The molecule has 0 radical (unpaired) electrons. The number of amides is 1. The summed E-state index contributed by atoms with van der Waals surface area (Å²) in [6.07, 6.45) is 2.10. The zero-order chi connectivity index (χ0) is 23.2. The fraction of sp³-hybridized carbons (Fsp3) is 0.308. The summed E-state index contributed by atoms with van der Waals surface area (Å²) in [4.78, 5) is 20.0. The normalized spacial score (nSPS) is 33.0. The Morgan fingerprint density at radius 1 is 1.18 bits per heavy atom. The largest absolute Gasteiger partial charge is 0.476 e. The Bertz CT molecular complexity index is 1280. The molecule has 5 nitrogen and oxygen atoms in total. The molecule has 3 aromatic rings. The van der Waals surface area contributed by atoms with Crippen molar-refractivity contribution < 1.29 is 14.6 Å². The minimum atomic E-state index is -1.49. The molecule has 7 heteroatoms. The van der Waals surface area contributed by atoms with E-state index >= 15 is 0 Å². The van der Waals surface area contributed by atoms with Crippen molar-refractivity contribution >= 4 is 33.4 Å². The summed E-state index contributed by atoms with van der Waals surface area (Å²) in [7, 11) is 3.54. The first-order valence-corrected chi connectivity index (χ1v) is 12.0. The van der Waals surface area contributed by atoms with Crippen LogP contribution in [0.5, 0.6) is 5.75 Å². The maximum Gasteiger partial charge on any atom is 0.229 e. The quantitative estimate of drug-likeness (QED) is 0.530. The molecule has 1 aromatic heterocycles. The number of carbonyl (C=O) groups excluding carboxylic acids is 1. The zero-order valence-electron chi connectivity index (χ0n) is 18.1. The summed E-state index contributed by atoms with van der Waals surface area (Å²) in [5, 5.41) is 13.1. The number of carbonyl (C=O) groups is 1. The summed E-state index contributed by atoms with van der Waals surface area (Å²) in [6.45, 7) is 0. The van der Waals surface area contributed by atoms with Crippen molar-refractivity contribution in [2.45, 2.75) is 23.5 Å². The van der Waals surface area contributed by atoms with Crippen LogP contribution >= 0.6 is 27.5 Å². The van der Waals surface area contributed by atoms with Crippen molar-refractivity contribution in [3.05, 3.63) is 93.2 Å². The Morgan fingerprint density at radius 3 is 2.55 bits per heavy atom. The molecule has 2 heterocycles.